The summed E-state index contributed by atoms with van der Waals surface area (Å²) in [5.74, 6) is 0.783. The summed E-state index contributed by atoms with van der Waals surface area (Å²) in [4.78, 5) is 69.0. The summed E-state index contributed by atoms with van der Waals surface area (Å²) in [5.41, 5.74) is 6.27. The molecule has 14 heteroatoms. The normalized spacial score (nSPS) is 10.7. The standard InChI is InChI=1S/C40H46N8O6.C6H6.C2H6/c1-5-20-47(36(49)24-43-39(51)53-3)25-34-41-22-32(44-34)29-16-12-27(13-17-29)28-14-18-30(19-15-28)33-23-42-35(45-33)26-48(21-6-2)38(50)37(46-40(52)54-4)31-10-8-7-9-11-31;1-2-4-6-5-3-1;1-2/h7-19,22-23,37H,5-6,20-21,24-26H2,1-4H3,(H,41,44)(H,42,45)(H,43,51)(H,46,52);1-6H;1-2H3/t37-;;/m0../s1. The van der Waals surface area contributed by atoms with Crippen LogP contribution in [0.1, 0.15) is 63.8 Å². The summed E-state index contributed by atoms with van der Waals surface area (Å²) < 4.78 is 9.35. The third-order valence-electron chi connectivity index (χ3n) is 9.38. The average molecular weight is 843 g/mol. The molecule has 0 bridgehead atoms. The van der Waals surface area contributed by atoms with Gasteiger partial charge in [0.2, 0.25) is 11.8 Å². The molecule has 1 atom stereocenters. The van der Waals surface area contributed by atoms with Gasteiger partial charge in [-0.2, -0.15) is 0 Å². The molecular weight excluding hydrogens is 785 g/mol. The van der Waals surface area contributed by atoms with E-state index in [0.717, 1.165) is 46.5 Å². The predicted octanol–water partition coefficient (Wildman–Crippen LogP) is 8.78. The van der Waals surface area contributed by atoms with Gasteiger partial charge in [0.1, 0.15) is 24.2 Å². The molecule has 0 fully saturated rings. The first-order chi connectivity index (χ1) is 30.2. The van der Waals surface area contributed by atoms with Gasteiger partial charge in [-0.25, -0.2) is 19.6 Å². The van der Waals surface area contributed by atoms with Crippen LogP contribution < -0.4 is 10.6 Å². The van der Waals surface area contributed by atoms with Crippen LogP contribution in [0.5, 0.6) is 0 Å². The second-order valence-electron chi connectivity index (χ2n) is 13.7. The molecule has 2 heterocycles. The Labute approximate surface area is 364 Å². The van der Waals surface area contributed by atoms with E-state index in [1.165, 1.54) is 14.2 Å². The molecule has 0 aliphatic heterocycles. The number of amides is 4. The molecule has 62 heavy (non-hydrogen) atoms. The van der Waals surface area contributed by atoms with E-state index in [1.807, 2.05) is 131 Å². The maximum absolute atomic E-state index is 13.8. The average Bonchev–Trinajstić information content (AvgIpc) is 4.01. The van der Waals surface area contributed by atoms with Crippen molar-refractivity contribution in [2.45, 2.75) is 59.7 Å². The van der Waals surface area contributed by atoms with Gasteiger partial charge in [-0.3, -0.25) is 9.59 Å². The Balaban J connectivity index is 0.000000959. The number of benzene rings is 4. The minimum absolute atomic E-state index is 0.152. The molecule has 14 nitrogen and oxygen atoms in total. The van der Waals surface area contributed by atoms with E-state index in [9.17, 15) is 19.2 Å². The molecular formula is C48H58N8O6. The van der Waals surface area contributed by atoms with Crippen LogP contribution in [0.25, 0.3) is 33.6 Å². The van der Waals surface area contributed by atoms with Gasteiger partial charge in [-0.05, 0) is 40.7 Å². The van der Waals surface area contributed by atoms with Crippen LogP contribution in [0.4, 0.5) is 9.59 Å². The van der Waals surface area contributed by atoms with Gasteiger partial charge in [0.15, 0.2) is 0 Å². The van der Waals surface area contributed by atoms with Gasteiger partial charge in [-0.1, -0.05) is 143 Å². The lowest BCUT2D eigenvalue weighted by molar-refractivity contribution is -0.134. The fourth-order valence-corrected chi connectivity index (χ4v) is 6.33. The maximum Gasteiger partial charge on any atom is 0.407 e. The van der Waals surface area contributed by atoms with Crippen molar-refractivity contribution >= 4 is 24.0 Å². The van der Waals surface area contributed by atoms with E-state index in [2.05, 4.69) is 35.3 Å². The molecule has 4 N–H and O–H groups in total. The topological polar surface area (TPSA) is 175 Å². The fourth-order valence-electron chi connectivity index (χ4n) is 6.33. The number of carbonyl (C=O) groups is 4. The van der Waals surface area contributed by atoms with Crippen molar-refractivity contribution < 1.29 is 28.7 Å². The number of aromatic nitrogens is 4. The first kappa shape index (κ1) is 47.5. The predicted molar refractivity (Wildman–Crippen MR) is 241 cm³/mol. The number of carbonyl (C=O) groups excluding carboxylic acids is 4. The van der Waals surface area contributed by atoms with Gasteiger partial charge in [0.25, 0.3) is 0 Å². The van der Waals surface area contributed by atoms with Crippen LogP contribution >= 0.6 is 0 Å². The quantitative estimate of drug-likeness (QED) is 0.0748. The molecule has 0 radical (unpaired) electrons. The van der Waals surface area contributed by atoms with Gasteiger partial charge >= 0.3 is 12.2 Å². The van der Waals surface area contributed by atoms with E-state index in [0.29, 0.717) is 30.3 Å². The second kappa shape index (κ2) is 25.4. The number of nitrogens with zero attached hydrogens (tertiary/aromatic N) is 4. The van der Waals surface area contributed by atoms with Crippen LogP contribution in [0, 0.1) is 0 Å². The Hall–Kier alpha value is -7.22. The first-order valence-corrected chi connectivity index (χ1v) is 20.8. The Morgan fingerprint density at radius 3 is 1.47 bits per heavy atom. The van der Waals surface area contributed by atoms with Crippen LogP contribution in [0.2, 0.25) is 0 Å². The zero-order chi connectivity index (χ0) is 44.7. The SMILES string of the molecule is CC.CCCN(Cc1ncc(-c2ccc(-c3ccc(-c4cnc(CN(CCC)C(=O)[C@@H](NC(=O)OC)c5ccccc5)[nH]4)cc3)cc2)[nH]1)C(=O)CNC(=O)OC.c1ccccc1. The number of nitrogens with one attached hydrogen (secondary N) is 4. The van der Waals surface area contributed by atoms with E-state index < -0.39 is 18.2 Å². The summed E-state index contributed by atoms with van der Waals surface area (Å²) in [6, 6.07) is 36.4. The summed E-state index contributed by atoms with van der Waals surface area (Å²) in [6.07, 6.45) is 3.65. The molecule has 0 aliphatic carbocycles. The minimum Gasteiger partial charge on any atom is -0.453 e. The van der Waals surface area contributed by atoms with Crippen LogP contribution in [0.3, 0.4) is 0 Å². The Kier molecular flexibility index (Phi) is 19.5. The molecule has 326 valence electrons. The molecule has 6 aromatic rings. The Morgan fingerprint density at radius 1 is 0.597 bits per heavy atom. The largest absolute Gasteiger partial charge is 0.453 e. The highest BCUT2D eigenvalue weighted by Gasteiger charge is 2.28. The molecule has 0 saturated heterocycles. The first-order valence-electron chi connectivity index (χ1n) is 20.8. The number of imidazole rings is 2. The smallest absolute Gasteiger partial charge is 0.407 e. The van der Waals surface area contributed by atoms with Crippen molar-refractivity contribution in [1.82, 2.24) is 40.4 Å². The molecule has 6 rings (SSSR count). The number of methoxy groups -OCH3 is 2. The molecule has 0 unspecified atom stereocenters. The number of hydrogen-bond acceptors (Lipinski definition) is 8. The number of alkyl carbamates (subject to hydrolysis) is 2. The lowest BCUT2D eigenvalue weighted by atomic mass is 10.0. The maximum atomic E-state index is 13.8. The number of rotatable bonds is 16. The lowest BCUT2D eigenvalue weighted by Gasteiger charge is -2.27. The van der Waals surface area contributed by atoms with Gasteiger partial charge in [0.05, 0.1) is 51.1 Å². The van der Waals surface area contributed by atoms with Crippen molar-refractivity contribution in [3.8, 4) is 33.6 Å². The zero-order valence-electron chi connectivity index (χ0n) is 36.4. The van der Waals surface area contributed by atoms with Crippen molar-refractivity contribution in [2.24, 2.45) is 0 Å². The van der Waals surface area contributed by atoms with E-state index >= 15 is 0 Å². The number of hydrogen-bond donors (Lipinski definition) is 4. The highest BCUT2D eigenvalue weighted by Crippen LogP contribution is 2.27. The monoisotopic (exact) mass is 842 g/mol. The molecule has 0 aliphatic rings. The highest BCUT2D eigenvalue weighted by molar-refractivity contribution is 5.87. The van der Waals surface area contributed by atoms with E-state index in [4.69, 9.17) is 4.74 Å². The summed E-state index contributed by atoms with van der Waals surface area (Å²) in [6.45, 7) is 9.35. The summed E-state index contributed by atoms with van der Waals surface area (Å²) >= 11 is 0. The Morgan fingerprint density at radius 2 is 1.02 bits per heavy atom. The highest BCUT2D eigenvalue weighted by atomic mass is 16.5. The van der Waals surface area contributed by atoms with Crippen LogP contribution in [-0.2, 0) is 32.2 Å². The van der Waals surface area contributed by atoms with Crippen molar-refractivity contribution in [3.05, 3.63) is 145 Å². The molecule has 0 spiro atoms. The lowest BCUT2D eigenvalue weighted by Crippen LogP contribution is -2.43. The fraction of sp³-hybridized carbons (Fsp3) is 0.292. The van der Waals surface area contributed by atoms with E-state index in [-0.39, 0.29) is 31.4 Å². The number of aromatic amines is 2. The zero-order valence-corrected chi connectivity index (χ0v) is 36.4. The third kappa shape index (κ3) is 14.2. The molecule has 4 aromatic carbocycles. The van der Waals surface area contributed by atoms with E-state index in [1.54, 1.807) is 34.3 Å². The summed E-state index contributed by atoms with van der Waals surface area (Å²) in [5, 5.41) is 5.11. The van der Waals surface area contributed by atoms with Crippen LogP contribution in [0.15, 0.2) is 128 Å². The summed E-state index contributed by atoms with van der Waals surface area (Å²) in [7, 11) is 2.52. The minimum atomic E-state index is -0.902. The Bertz CT molecular complexity index is 2220. The molecule has 4 amide bonds. The van der Waals surface area contributed by atoms with Crippen molar-refractivity contribution in [2.75, 3.05) is 33.9 Å². The number of H-pyrrole nitrogens is 2. The van der Waals surface area contributed by atoms with Crippen molar-refractivity contribution in [3.63, 3.8) is 0 Å². The molecule has 2 aromatic heterocycles. The van der Waals surface area contributed by atoms with Gasteiger partial charge in [0, 0.05) is 13.1 Å². The van der Waals surface area contributed by atoms with Crippen LogP contribution in [-0.4, -0.2) is 87.6 Å². The van der Waals surface area contributed by atoms with Crippen molar-refractivity contribution in [1.29, 1.82) is 0 Å². The van der Waals surface area contributed by atoms with Gasteiger partial charge in [-0.15, -0.1) is 0 Å². The van der Waals surface area contributed by atoms with Gasteiger partial charge < -0.3 is 39.9 Å². The second-order valence-corrected chi connectivity index (χ2v) is 13.7. The third-order valence-corrected chi connectivity index (χ3v) is 9.38. The number of ether oxygens (including phenoxy) is 2. The molecule has 0 saturated carbocycles.